The summed E-state index contributed by atoms with van der Waals surface area (Å²) in [5, 5.41) is 3.88. The van der Waals surface area contributed by atoms with Crippen LogP contribution in [0.4, 0.5) is 0 Å². The van der Waals surface area contributed by atoms with Gasteiger partial charge in [-0.3, -0.25) is 9.59 Å². The largest absolute Gasteiger partial charge is 0.354 e. The van der Waals surface area contributed by atoms with Crippen molar-refractivity contribution in [2.45, 2.75) is 46.7 Å². The molecule has 0 aliphatic rings. The fourth-order valence-corrected chi connectivity index (χ4v) is 3.33. The summed E-state index contributed by atoms with van der Waals surface area (Å²) in [4.78, 5) is 27.4. The van der Waals surface area contributed by atoms with Gasteiger partial charge >= 0.3 is 0 Å². The molecule has 0 spiro atoms. The lowest BCUT2D eigenvalue weighted by Crippen LogP contribution is -2.48. The van der Waals surface area contributed by atoms with Crippen LogP contribution in [0.2, 0.25) is 10.0 Å². The van der Waals surface area contributed by atoms with Crippen molar-refractivity contribution in [2.75, 3.05) is 6.54 Å². The van der Waals surface area contributed by atoms with Crippen molar-refractivity contribution in [3.63, 3.8) is 0 Å². The molecule has 0 aliphatic carbocycles. The number of nitrogens with zero attached hydrogens (tertiary/aromatic N) is 1. The summed E-state index contributed by atoms with van der Waals surface area (Å²) in [6.45, 7) is 8.74. The van der Waals surface area contributed by atoms with Crippen LogP contribution >= 0.6 is 23.2 Å². The second-order valence-electron chi connectivity index (χ2n) is 7.73. The zero-order valence-corrected chi connectivity index (χ0v) is 18.8. The zero-order valence-electron chi connectivity index (χ0n) is 17.3. The number of carbonyl (C=O) groups is 2. The normalized spacial score (nSPS) is 12.0. The molecule has 0 aromatic heterocycles. The highest BCUT2D eigenvalue weighted by atomic mass is 35.5. The molecular formula is C23H28Cl2N2O2. The fourth-order valence-electron chi connectivity index (χ4n) is 2.85. The van der Waals surface area contributed by atoms with E-state index in [9.17, 15) is 9.59 Å². The minimum Gasteiger partial charge on any atom is -0.354 e. The standard InChI is InChI=1S/C23H28Cl2N2O2/c1-15(2)13-26-23(29)17(4)27(14-18-7-5-16(3)6-8-18)22(28)11-19-9-10-20(24)12-21(19)25/h5-10,12,15,17H,11,13-14H2,1-4H3,(H,26,29). The first-order chi connectivity index (χ1) is 13.7. The Hall–Kier alpha value is -2.04. The van der Waals surface area contributed by atoms with Crippen LogP contribution in [0.25, 0.3) is 0 Å². The number of carbonyl (C=O) groups excluding carboxylic acids is 2. The van der Waals surface area contributed by atoms with E-state index in [4.69, 9.17) is 23.2 Å². The van der Waals surface area contributed by atoms with Gasteiger partial charge < -0.3 is 10.2 Å². The van der Waals surface area contributed by atoms with E-state index in [-0.39, 0.29) is 18.2 Å². The van der Waals surface area contributed by atoms with Crippen molar-refractivity contribution >= 4 is 35.0 Å². The van der Waals surface area contributed by atoms with Crippen molar-refractivity contribution in [3.8, 4) is 0 Å². The molecule has 0 heterocycles. The highest BCUT2D eigenvalue weighted by molar-refractivity contribution is 6.35. The number of nitrogens with one attached hydrogen (secondary N) is 1. The summed E-state index contributed by atoms with van der Waals surface area (Å²) in [6, 6.07) is 12.4. The number of benzene rings is 2. The summed E-state index contributed by atoms with van der Waals surface area (Å²) >= 11 is 12.2. The summed E-state index contributed by atoms with van der Waals surface area (Å²) in [5.41, 5.74) is 2.79. The van der Waals surface area contributed by atoms with Crippen LogP contribution in [0, 0.1) is 12.8 Å². The van der Waals surface area contributed by atoms with Crippen molar-refractivity contribution in [2.24, 2.45) is 5.92 Å². The quantitative estimate of drug-likeness (QED) is 0.632. The molecule has 2 aromatic carbocycles. The van der Waals surface area contributed by atoms with Gasteiger partial charge in [0.2, 0.25) is 11.8 Å². The van der Waals surface area contributed by atoms with Gasteiger partial charge in [0.1, 0.15) is 6.04 Å². The van der Waals surface area contributed by atoms with Crippen molar-refractivity contribution < 1.29 is 9.59 Å². The SMILES string of the molecule is Cc1ccc(CN(C(=O)Cc2ccc(Cl)cc2Cl)C(C)C(=O)NCC(C)C)cc1. The second kappa shape index (κ2) is 10.7. The lowest BCUT2D eigenvalue weighted by molar-refractivity contribution is -0.140. The van der Waals surface area contributed by atoms with Crippen LogP contribution in [0.15, 0.2) is 42.5 Å². The fraction of sp³-hybridized carbons (Fsp3) is 0.391. The molecule has 6 heteroatoms. The van der Waals surface area contributed by atoms with E-state index in [0.29, 0.717) is 34.6 Å². The van der Waals surface area contributed by atoms with Gasteiger partial charge in [0.15, 0.2) is 0 Å². The van der Waals surface area contributed by atoms with E-state index in [1.165, 1.54) is 0 Å². The van der Waals surface area contributed by atoms with Gasteiger partial charge in [-0.05, 0) is 43.0 Å². The average molecular weight is 435 g/mol. The van der Waals surface area contributed by atoms with Crippen LogP contribution in [-0.2, 0) is 22.6 Å². The zero-order chi connectivity index (χ0) is 21.6. The molecule has 0 saturated heterocycles. The number of rotatable bonds is 8. The Morgan fingerprint density at radius 2 is 1.69 bits per heavy atom. The molecule has 0 fully saturated rings. The molecule has 29 heavy (non-hydrogen) atoms. The van der Waals surface area contributed by atoms with Gasteiger partial charge in [-0.2, -0.15) is 0 Å². The maximum Gasteiger partial charge on any atom is 0.242 e. The molecule has 2 aromatic rings. The van der Waals surface area contributed by atoms with Gasteiger partial charge in [0.25, 0.3) is 0 Å². The molecule has 156 valence electrons. The van der Waals surface area contributed by atoms with E-state index >= 15 is 0 Å². The molecule has 0 radical (unpaired) electrons. The number of hydrogen-bond donors (Lipinski definition) is 1. The Labute approximate surface area is 183 Å². The number of amides is 2. The highest BCUT2D eigenvalue weighted by Gasteiger charge is 2.26. The Balaban J connectivity index is 2.23. The van der Waals surface area contributed by atoms with Crippen LogP contribution in [0.5, 0.6) is 0 Å². The minimum atomic E-state index is -0.603. The van der Waals surface area contributed by atoms with Gasteiger partial charge in [-0.25, -0.2) is 0 Å². The number of hydrogen-bond acceptors (Lipinski definition) is 2. The first-order valence-electron chi connectivity index (χ1n) is 9.74. The lowest BCUT2D eigenvalue weighted by Gasteiger charge is -2.29. The molecule has 2 amide bonds. The average Bonchev–Trinajstić information content (AvgIpc) is 2.67. The van der Waals surface area contributed by atoms with Gasteiger partial charge in [0.05, 0.1) is 6.42 Å². The summed E-state index contributed by atoms with van der Waals surface area (Å²) in [5.74, 6) is 0.00336. The Kier molecular flexibility index (Phi) is 8.54. The lowest BCUT2D eigenvalue weighted by atomic mass is 10.1. The predicted octanol–water partition coefficient (Wildman–Crippen LogP) is 5.03. The maximum absolute atomic E-state index is 13.2. The van der Waals surface area contributed by atoms with E-state index < -0.39 is 6.04 Å². The third-order valence-corrected chi connectivity index (χ3v) is 5.27. The summed E-state index contributed by atoms with van der Waals surface area (Å²) in [6.07, 6.45) is 0.101. The van der Waals surface area contributed by atoms with Gasteiger partial charge in [-0.15, -0.1) is 0 Å². The van der Waals surface area contributed by atoms with E-state index in [2.05, 4.69) is 5.32 Å². The van der Waals surface area contributed by atoms with Crippen LogP contribution < -0.4 is 5.32 Å². The Bertz CT molecular complexity index is 850. The third-order valence-electron chi connectivity index (χ3n) is 4.68. The topological polar surface area (TPSA) is 49.4 Å². The van der Waals surface area contributed by atoms with Crippen molar-refractivity contribution in [3.05, 3.63) is 69.2 Å². The van der Waals surface area contributed by atoms with Crippen molar-refractivity contribution in [1.29, 1.82) is 0 Å². The predicted molar refractivity (Wildman–Crippen MR) is 119 cm³/mol. The molecule has 2 rings (SSSR count). The molecule has 1 atom stereocenters. The highest BCUT2D eigenvalue weighted by Crippen LogP contribution is 2.22. The summed E-state index contributed by atoms with van der Waals surface area (Å²) in [7, 11) is 0. The first-order valence-corrected chi connectivity index (χ1v) is 10.5. The Morgan fingerprint density at radius 3 is 2.28 bits per heavy atom. The second-order valence-corrected chi connectivity index (χ2v) is 8.58. The monoisotopic (exact) mass is 434 g/mol. The number of aryl methyl sites for hydroxylation is 1. The van der Waals surface area contributed by atoms with Crippen molar-refractivity contribution in [1.82, 2.24) is 10.2 Å². The van der Waals surface area contributed by atoms with E-state index in [1.54, 1.807) is 30.0 Å². The minimum absolute atomic E-state index is 0.101. The van der Waals surface area contributed by atoms with E-state index in [1.807, 2.05) is 45.0 Å². The molecular weight excluding hydrogens is 407 g/mol. The molecule has 0 bridgehead atoms. The van der Waals surface area contributed by atoms with E-state index in [0.717, 1.165) is 11.1 Å². The number of halogens is 2. The first kappa shape index (κ1) is 23.2. The molecule has 4 nitrogen and oxygen atoms in total. The molecule has 1 N–H and O–H groups in total. The Morgan fingerprint density at radius 1 is 1.03 bits per heavy atom. The molecule has 1 unspecified atom stereocenters. The molecule has 0 aliphatic heterocycles. The summed E-state index contributed by atoms with van der Waals surface area (Å²) < 4.78 is 0. The molecule has 0 saturated carbocycles. The van der Waals surface area contributed by atoms with Crippen LogP contribution in [0.3, 0.4) is 0 Å². The van der Waals surface area contributed by atoms with Crippen LogP contribution in [-0.4, -0.2) is 29.3 Å². The van der Waals surface area contributed by atoms with Gasteiger partial charge in [-0.1, -0.05) is 72.9 Å². The van der Waals surface area contributed by atoms with Crippen LogP contribution in [0.1, 0.15) is 37.5 Å². The smallest absolute Gasteiger partial charge is 0.242 e. The maximum atomic E-state index is 13.2. The van der Waals surface area contributed by atoms with Gasteiger partial charge in [0, 0.05) is 23.1 Å². The third kappa shape index (κ3) is 7.06.